The lowest BCUT2D eigenvalue weighted by Gasteiger charge is -2.18. The number of hydrogen-bond donors (Lipinski definition) is 3. The predicted octanol–water partition coefficient (Wildman–Crippen LogP) is 2.58. The predicted molar refractivity (Wildman–Crippen MR) is 118 cm³/mol. The Labute approximate surface area is 176 Å². The monoisotopic (exact) mass is 406 g/mol. The van der Waals surface area contributed by atoms with E-state index in [1.807, 2.05) is 13.8 Å². The van der Waals surface area contributed by atoms with Gasteiger partial charge in [0, 0.05) is 30.0 Å². The zero-order valence-electron chi connectivity index (χ0n) is 17.2. The van der Waals surface area contributed by atoms with Crippen molar-refractivity contribution in [2.45, 2.75) is 13.8 Å². The molecule has 0 saturated carbocycles. The molecule has 0 unspecified atom stereocenters. The Morgan fingerprint density at radius 2 is 1.67 bits per heavy atom. The van der Waals surface area contributed by atoms with Gasteiger partial charge in [-0.3, -0.25) is 14.4 Å². The van der Waals surface area contributed by atoms with Gasteiger partial charge in [0.1, 0.15) is 0 Å². The summed E-state index contributed by atoms with van der Waals surface area (Å²) in [7, 11) is 0. The average molecular weight is 406 g/mol. The van der Waals surface area contributed by atoms with Crippen LogP contribution in [-0.2, 0) is 4.79 Å². The lowest BCUT2D eigenvalue weighted by molar-refractivity contribution is -0.114. The molecule has 2 aromatic carbocycles. The standard InChI is InChI=1S/C23H26N4O3/c1-4-15-24-22(29)19-9-7-8-10-20(19)25-16-21(28)26-18-13-11-17(12-14-18)23(30)27(5-2)6-3/h1,7-14,25H,5-6,15-16H2,2-3H3,(H,24,29)(H,26,28). The minimum atomic E-state index is -0.315. The van der Waals surface area contributed by atoms with Crippen molar-refractivity contribution in [1.29, 1.82) is 0 Å². The van der Waals surface area contributed by atoms with Gasteiger partial charge in [-0.25, -0.2) is 0 Å². The lowest BCUT2D eigenvalue weighted by atomic mass is 10.1. The average Bonchev–Trinajstić information content (AvgIpc) is 2.77. The second-order valence-electron chi connectivity index (χ2n) is 6.39. The molecule has 3 amide bonds. The summed E-state index contributed by atoms with van der Waals surface area (Å²) in [6.45, 7) is 5.24. The van der Waals surface area contributed by atoms with Crippen LogP contribution in [-0.4, -0.2) is 48.8 Å². The molecule has 0 spiro atoms. The van der Waals surface area contributed by atoms with E-state index in [-0.39, 0.29) is 30.8 Å². The third-order valence-electron chi connectivity index (χ3n) is 4.43. The molecule has 0 aliphatic heterocycles. The molecule has 7 heteroatoms. The summed E-state index contributed by atoms with van der Waals surface area (Å²) in [6.07, 6.45) is 5.17. The van der Waals surface area contributed by atoms with E-state index in [0.29, 0.717) is 35.6 Å². The van der Waals surface area contributed by atoms with Crippen molar-refractivity contribution in [3.05, 3.63) is 59.7 Å². The lowest BCUT2D eigenvalue weighted by Crippen LogP contribution is -2.30. The molecule has 0 atom stereocenters. The fourth-order valence-electron chi connectivity index (χ4n) is 2.83. The normalized spacial score (nSPS) is 9.90. The number of carbonyl (C=O) groups excluding carboxylic acids is 3. The van der Waals surface area contributed by atoms with Gasteiger partial charge < -0.3 is 20.9 Å². The third-order valence-corrected chi connectivity index (χ3v) is 4.43. The number of benzene rings is 2. The molecule has 2 rings (SSSR count). The van der Waals surface area contributed by atoms with Crippen LogP contribution in [0.3, 0.4) is 0 Å². The zero-order chi connectivity index (χ0) is 21.9. The number of hydrogen-bond acceptors (Lipinski definition) is 4. The number of rotatable bonds is 9. The van der Waals surface area contributed by atoms with E-state index in [0.717, 1.165) is 0 Å². The van der Waals surface area contributed by atoms with Gasteiger partial charge in [-0.1, -0.05) is 18.1 Å². The van der Waals surface area contributed by atoms with Crippen LogP contribution in [0.5, 0.6) is 0 Å². The summed E-state index contributed by atoms with van der Waals surface area (Å²) in [5, 5.41) is 8.33. The van der Waals surface area contributed by atoms with Crippen molar-refractivity contribution >= 4 is 29.1 Å². The Hall–Kier alpha value is -3.79. The molecule has 7 nitrogen and oxygen atoms in total. The first-order valence-electron chi connectivity index (χ1n) is 9.73. The van der Waals surface area contributed by atoms with Crippen LogP contribution in [0.15, 0.2) is 48.5 Å². The van der Waals surface area contributed by atoms with E-state index < -0.39 is 0 Å². The third kappa shape index (κ3) is 6.11. The van der Waals surface area contributed by atoms with Crippen LogP contribution < -0.4 is 16.0 Å². The number of carbonyl (C=O) groups is 3. The van der Waals surface area contributed by atoms with Crippen molar-refractivity contribution in [2.75, 3.05) is 36.8 Å². The highest BCUT2D eigenvalue weighted by molar-refractivity contribution is 6.01. The van der Waals surface area contributed by atoms with Gasteiger partial charge in [0.15, 0.2) is 0 Å². The van der Waals surface area contributed by atoms with Crippen LogP contribution in [0.4, 0.5) is 11.4 Å². The highest BCUT2D eigenvalue weighted by Gasteiger charge is 2.13. The second-order valence-corrected chi connectivity index (χ2v) is 6.39. The van der Waals surface area contributed by atoms with Crippen LogP contribution in [0.2, 0.25) is 0 Å². The molecule has 3 N–H and O–H groups in total. The van der Waals surface area contributed by atoms with Gasteiger partial charge in [0.25, 0.3) is 11.8 Å². The van der Waals surface area contributed by atoms with Crippen LogP contribution in [0, 0.1) is 12.3 Å². The first kappa shape index (κ1) is 22.5. The number of anilines is 2. The fourth-order valence-corrected chi connectivity index (χ4v) is 2.83. The summed E-state index contributed by atoms with van der Waals surface area (Å²) in [4.78, 5) is 38.5. The SMILES string of the molecule is C#CCNC(=O)c1ccccc1NCC(=O)Nc1ccc(C(=O)N(CC)CC)cc1. The molecule has 0 aliphatic rings. The van der Waals surface area contributed by atoms with Gasteiger partial charge in [0.2, 0.25) is 5.91 Å². The van der Waals surface area contributed by atoms with Gasteiger partial charge in [0.05, 0.1) is 18.7 Å². The Balaban J connectivity index is 1.95. The molecule has 0 radical (unpaired) electrons. The van der Waals surface area contributed by atoms with Crippen LogP contribution in [0.1, 0.15) is 34.6 Å². The van der Waals surface area contributed by atoms with E-state index in [1.54, 1.807) is 53.4 Å². The highest BCUT2D eigenvalue weighted by Crippen LogP contribution is 2.15. The van der Waals surface area contributed by atoms with Crippen molar-refractivity contribution in [2.24, 2.45) is 0 Å². The van der Waals surface area contributed by atoms with Gasteiger partial charge in [-0.15, -0.1) is 6.42 Å². The molecular formula is C23H26N4O3. The summed E-state index contributed by atoms with van der Waals surface area (Å²) in [5.74, 6) is 1.71. The molecule has 0 bridgehead atoms. The number of para-hydroxylation sites is 1. The maximum atomic E-state index is 12.3. The van der Waals surface area contributed by atoms with Crippen molar-refractivity contribution < 1.29 is 14.4 Å². The summed E-state index contributed by atoms with van der Waals surface area (Å²) < 4.78 is 0. The quantitative estimate of drug-likeness (QED) is 0.559. The van der Waals surface area contributed by atoms with Crippen LogP contribution >= 0.6 is 0 Å². The molecule has 0 aromatic heterocycles. The Kier molecular flexibility index (Phi) is 8.45. The summed E-state index contributed by atoms with van der Waals surface area (Å²) in [5.41, 5.74) is 2.09. The Bertz CT molecular complexity index is 928. The van der Waals surface area contributed by atoms with Crippen molar-refractivity contribution in [3.8, 4) is 12.3 Å². The first-order valence-corrected chi connectivity index (χ1v) is 9.73. The first-order chi connectivity index (χ1) is 14.5. The van der Waals surface area contributed by atoms with E-state index in [1.165, 1.54) is 0 Å². The minimum absolute atomic E-state index is 0.0282. The molecule has 0 aliphatic carbocycles. The van der Waals surface area contributed by atoms with Crippen LogP contribution in [0.25, 0.3) is 0 Å². The van der Waals surface area contributed by atoms with Crippen molar-refractivity contribution in [3.63, 3.8) is 0 Å². The molecule has 2 aromatic rings. The maximum Gasteiger partial charge on any atom is 0.254 e. The smallest absolute Gasteiger partial charge is 0.254 e. The van der Waals surface area contributed by atoms with Gasteiger partial charge >= 0.3 is 0 Å². The maximum absolute atomic E-state index is 12.3. The molecule has 30 heavy (non-hydrogen) atoms. The highest BCUT2D eigenvalue weighted by atomic mass is 16.2. The molecule has 0 fully saturated rings. The van der Waals surface area contributed by atoms with E-state index in [2.05, 4.69) is 21.9 Å². The number of amides is 3. The molecule has 0 heterocycles. The summed E-state index contributed by atoms with van der Waals surface area (Å²) >= 11 is 0. The largest absolute Gasteiger partial charge is 0.376 e. The van der Waals surface area contributed by atoms with E-state index >= 15 is 0 Å². The molecular weight excluding hydrogens is 380 g/mol. The Morgan fingerprint density at radius 1 is 1.00 bits per heavy atom. The van der Waals surface area contributed by atoms with Gasteiger partial charge in [-0.05, 0) is 50.2 Å². The topological polar surface area (TPSA) is 90.5 Å². The number of nitrogens with zero attached hydrogens (tertiary/aromatic N) is 1. The molecule has 156 valence electrons. The Morgan fingerprint density at radius 3 is 2.30 bits per heavy atom. The summed E-state index contributed by atoms with van der Waals surface area (Å²) in [6, 6.07) is 13.6. The number of terminal acetylenes is 1. The van der Waals surface area contributed by atoms with E-state index in [4.69, 9.17) is 6.42 Å². The van der Waals surface area contributed by atoms with Crippen molar-refractivity contribution in [1.82, 2.24) is 10.2 Å². The number of nitrogens with one attached hydrogen (secondary N) is 3. The van der Waals surface area contributed by atoms with Gasteiger partial charge in [-0.2, -0.15) is 0 Å². The second kappa shape index (κ2) is 11.3. The van der Waals surface area contributed by atoms with E-state index in [9.17, 15) is 14.4 Å². The minimum Gasteiger partial charge on any atom is -0.376 e. The fraction of sp³-hybridized carbons (Fsp3) is 0.261. The molecule has 0 saturated heterocycles. The zero-order valence-corrected chi connectivity index (χ0v) is 17.2.